The fourth-order valence-electron chi connectivity index (χ4n) is 11.4. The van der Waals surface area contributed by atoms with E-state index < -0.39 is 0 Å². The molecule has 2 aliphatic heterocycles. The Balaban J connectivity index is 1.25. The molecule has 5 heteroatoms. The fourth-order valence-corrected chi connectivity index (χ4v) is 11.4. The molecule has 2 aromatic heterocycles. The van der Waals surface area contributed by atoms with Crippen molar-refractivity contribution in [2.75, 3.05) is 10.1 Å². The summed E-state index contributed by atoms with van der Waals surface area (Å²) in [6, 6.07) is 36.5. The van der Waals surface area contributed by atoms with Gasteiger partial charge in [-0.15, -0.1) is 0 Å². The standard InChI is InChI=1S/C52H49BN2O2/c1-49(2)21-22-50(3,4)35-25-29(17-18-34(35)49)55-40-28-37-36(51(5,6)23-24-52(37,7)8)26-33(40)45-46-39(27-32-30-13-9-11-15-41(30)57-48(32)45)54-47-38(53(46)55)19-20-43-44(47)31-14-10-12-16-42(31)56-43/h9-20,25-28,54H,21-24H2,1-8H3. The molecule has 0 saturated carbocycles. The summed E-state index contributed by atoms with van der Waals surface area (Å²) >= 11 is 0. The predicted octanol–water partition coefficient (Wildman–Crippen LogP) is 13.2. The molecule has 1 N–H and O–H groups in total. The molecule has 0 spiro atoms. The quantitative estimate of drug-likeness (QED) is 0.170. The Labute approximate surface area is 335 Å². The summed E-state index contributed by atoms with van der Waals surface area (Å²) in [6.45, 7) is 19.4. The second kappa shape index (κ2) is 10.7. The molecule has 8 aromatic rings. The van der Waals surface area contributed by atoms with Crippen molar-refractivity contribution >= 4 is 84.4 Å². The Bertz CT molecular complexity index is 3080. The molecular formula is C52H49BN2O2. The fraction of sp³-hybridized carbons (Fsp3) is 0.308. The topological polar surface area (TPSA) is 41.6 Å². The summed E-state index contributed by atoms with van der Waals surface area (Å²) in [7, 11) is 0. The third-order valence-electron chi connectivity index (χ3n) is 15.0. The number of para-hydroxylation sites is 2. The summed E-state index contributed by atoms with van der Waals surface area (Å²) in [5, 5.41) is 8.65. The zero-order chi connectivity index (χ0) is 39.0. The highest BCUT2D eigenvalue weighted by atomic mass is 16.3. The van der Waals surface area contributed by atoms with Gasteiger partial charge in [-0.2, -0.15) is 0 Å². The van der Waals surface area contributed by atoms with E-state index in [9.17, 15) is 0 Å². The van der Waals surface area contributed by atoms with Gasteiger partial charge >= 0.3 is 6.85 Å². The van der Waals surface area contributed by atoms with Crippen LogP contribution in [0.2, 0.25) is 0 Å². The van der Waals surface area contributed by atoms with Gasteiger partial charge in [0.1, 0.15) is 22.3 Å². The monoisotopic (exact) mass is 744 g/mol. The smallest absolute Gasteiger partial charge is 0.333 e. The van der Waals surface area contributed by atoms with Crippen LogP contribution in [0.15, 0.2) is 106 Å². The lowest BCUT2D eigenvalue weighted by molar-refractivity contribution is 0.332. The van der Waals surface area contributed by atoms with E-state index in [2.05, 4.69) is 163 Å². The average molecular weight is 745 g/mol. The van der Waals surface area contributed by atoms with Crippen LogP contribution in [-0.4, -0.2) is 6.85 Å². The van der Waals surface area contributed by atoms with Gasteiger partial charge in [0.05, 0.1) is 5.39 Å². The molecule has 282 valence electrons. The summed E-state index contributed by atoms with van der Waals surface area (Å²) in [5.41, 5.74) is 19.6. The minimum atomic E-state index is -0.120. The number of anilines is 4. The summed E-state index contributed by atoms with van der Waals surface area (Å²) < 4.78 is 13.6. The van der Waals surface area contributed by atoms with Crippen molar-refractivity contribution in [3.63, 3.8) is 0 Å². The van der Waals surface area contributed by atoms with E-state index in [1.54, 1.807) is 0 Å². The van der Waals surface area contributed by atoms with Gasteiger partial charge in [0.2, 0.25) is 0 Å². The third kappa shape index (κ3) is 4.41. The Morgan fingerprint density at radius 2 is 1.18 bits per heavy atom. The summed E-state index contributed by atoms with van der Waals surface area (Å²) in [4.78, 5) is 2.71. The lowest BCUT2D eigenvalue weighted by Gasteiger charge is -2.47. The zero-order valence-corrected chi connectivity index (χ0v) is 34.4. The lowest BCUT2D eigenvalue weighted by atomic mass is 9.43. The van der Waals surface area contributed by atoms with Gasteiger partial charge in [-0.05, 0) is 129 Å². The van der Waals surface area contributed by atoms with Crippen LogP contribution < -0.4 is 21.1 Å². The van der Waals surface area contributed by atoms with Crippen molar-refractivity contribution in [1.29, 1.82) is 0 Å². The van der Waals surface area contributed by atoms with E-state index in [1.807, 2.05) is 0 Å². The second-order valence-electron chi connectivity index (χ2n) is 20.3. The van der Waals surface area contributed by atoms with Crippen LogP contribution in [0.4, 0.5) is 22.7 Å². The van der Waals surface area contributed by atoms with Crippen molar-refractivity contribution in [3.8, 4) is 11.1 Å². The van der Waals surface area contributed by atoms with Gasteiger partial charge in [0.25, 0.3) is 0 Å². The van der Waals surface area contributed by atoms with Crippen molar-refractivity contribution in [3.05, 3.63) is 119 Å². The van der Waals surface area contributed by atoms with Crippen molar-refractivity contribution < 1.29 is 8.83 Å². The molecule has 57 heavy (non-hydrogen) atoms. The molecule has 0 fully saturated rings. The molecule has 2 aliphatic carbocycles. The summed E-state index contributed by atoms with van der Waals surface area (Å²) in [6.07, 6.45) is 4.67. The Morgan fingerprint density at radius 3 is 1.89 bits per heavy atom. The second-order valence-corrected chi connectivity index (χ2v) is 20.3. The Morgan fingerprint density at radius 1 is 0.561 bits per heavy atom. The van der Waals surface area contributed by atoms with E-state index in [1.165, 1.54) is 68.5 Å². The Hall–Kier alpha value is -5.42. The minimum Gasteiger partial charge on any atom is -0.456 e. The zero-order valence-electron chi connectivity index (χ0n) is 34.4. The van der Waals surface area contributed by atoms with E-state index in [0.29, 0.717) is 0 Å². The minimum absolute atomic E-state index is 0.0398. The average Bonchev–Trinajstić information content (AvgIpc) is 3.76. The van der Waals surface area contributed by atoms with E-state index in [-0.39, 0.29) is 28.5 Å². The van der Waals surface area contributed by atoms with Gasteiger partial charge in [-0.3, -0.25) is 0 Å². The molecule has 0 bridgehead atoms. The largest absolute Gasteiger partial charge is 0.456 e. The summed E-state index contributed by atoms with van der Waals surface area (Å²) in [5.74, 6) is 0. The first-order chi connectivity index (χ1) is 27.2. The molecule has 0 amide bonds. The van der Waals surface area contributed by atoms with Crippen LogP contribution in [0.1, 0.15) is 103 Å². The Kier molecular flexibility index (Phi) is 6.35. The number of hydrogen-bond donors (Lipinski definition) is 1. The van der Waals surface area contributed by atoms with Gasteiger partial charge in [0, 0.05) is 50.0 Å². The first kappa shape index (κ1) is 33.7. The molecule has 12 rings (SSSR count). The SMILES string of the molecule is CC1(C)CCC(C)(C)c2cc(N3B4c5ccc6oc7ccccc7c6c5Nc5cc6c(oc7ccccc76)c(c54)-c4cc5c(cc43)C(C)(C)CCC5(C)C)ccc21. The van der Waals surface area contributed by atoms with Crippen LogP contribution in [0.5, 0.6) is 0 Å². The van der Waals surface area contributed by atoms with Crippen molar-refractivity contribution in [1.82, 2.24) is 0 Å². The number of benzene rings is 6. The molecule has 0 unspecified atom stereocenters. The van der Waals surface area contributed by atoms with E-state index in [0.717, 1.165) is 68.1 Å². The van der Waals surface area contributed by atoms with Gasteiger partial charge < -0.3 is 19.0 Å². The van der Waals surface area contributed by atoms with E-state index in [4.69, 9.17) is 8.83 Å². The molecule has 4 heterocycles. The van der Waals surface area contributed by atoms with Crippen molar-refractivity contribution in [2.45, 2.75) is 103 Å². The van der Waals surface area contributed by atoms with Crippen LogP contribution in [0, 0.1) is 0 Å². The third-order valence-corrected chi connectivity index (χ3v) is 15.0. The highest BCUT2D eigenvalue weighted by Gasteiger charge is 2.48. The number of furan rings is 2. The van der Waals surface area contributed by atoms with Gasteiger partial charge in [-0.1, -0.05) is 104 Å². The van der Waals surface area contributed by atoms with Crippen LogP contribution in [-0.2, 0) is 21.7 Å². The number of nitrogens with zero attached hydrogens (tertiary/aromatic N) is 1. The predicted molar refractivity (Wildman–Crippen MR) is 240 cm³/mol. The normalized spacial score (nSPS) is 19.2. The molecule has 0 atom stereocenters. The first-order valence-electron chi connectivity index (χ1n) is 21.0. The number of rotatable bonds is 1. The van der Waals surface area contributed by atoms with Crippen LogP contribution in [0.25, 0.3) is 55.0 Å². The number of nitrogens with one attached hydrogen (secondary N) is 1. The maximum absolute atomic E-state index is 7.02. The lowest BCUT2D eigenvalue weighted by Crippen LogP contribution is -2.60. The van der Waals surface area contributed by atoms with Crippen LogP contribution >= 0.6 is 0 Å². The van der Waals surface area contributed by atoms with Crippen LogP contribution in [0.3, 0.4) is 0 Å². The van der Waals surface area contributed by atoms with Crippen molar-refractivity contribution in [2.24, 2.45) is 0 Å². The maximum Gasteiger partial charge on any atom is 0.333 e. The molecule has 4 aliphatic rings. The molecular weight excluding hydrogens is 695 g/mol. The molecule has 0 radical (unpaired) electrons. The molecule has 4 nitrogen and oxygen atoms in total. The van der Waals surface area contributed by atoms with Gasteiger partial charge in [-0.25, -0.2) is 0 Å². The maximum atomic E-state index is 7.02. The highest BCUT2D eigenvalue weighted by molar-refractivity contribution is 6.94. The molecule has 6 aromatic carbocycles. The number of hydrogen-bond acceptors (Lipinski definition) is 4. The van der Waals surface area contributed by atoms with Gasteiger partial charge in [0.15, 0.2) is 0 Å². The van der Waals surface area contributed by atoms with E-state index >= 15 is 0 Å². The highest BCUT2D eigenvalue weighted by Crippen LogP contribution is 2.55. The molecule has 0 saturated heterocycles. The first-order valence-corrected chi connectivity index (χ1v) is 21.0. The number of fused-ring (bicyclic) bond motifs is 14.